The van der Waals surface area contributed by atoms with Crippen LogP contribution < -0.4 is 0 Å². The minimum Gasteiger partial charge on any atom is -0.158 e. The summed E-state index contributed by atoms with van der Waals surface area (Å²) in [5, 5.41) is 8.45. The molecule has 0 bridgehead atoms. The van der Waals surface area contributed by atoms with Gasteiger partial charge in [0.25, 0.3) is 0 Å². The Balaban J connectivity index is 2.55. The number of aryl methyl sites for hydroxylation is 1. The third-order valence-electron chi connectivity index (χ3n) is 1.96. The lowest BCUT2D eigenvalue weighted by molar-refractivity contribution is 1.04. The van der Waals surface area contributed by atoms with Crippen LogP contribution in [0.4, 0.5) is 0 Å². The van der Waals surface area contributed by atoms with Crippen LogP contribution in [0, 0.1) is 6.92 Å². The van der Waals surface area contributed by atoms with Crippen molar-refractivity contribution < 1.29 is 0 Å². The Kier molecular flexibility index (Phi) is 2.46. The van der Waals surface area contributed by atoms with E-state index in [2.05, 4.69) is 10.2 Å². The van der Waals surface area contributed by atoms with Gasteiger partial charge in [0.05, 0.1) is 11.2 Å². The van der Waals surface area contributed by atoms with E-state index in [9.17, 15) is 0 Å². The molecule has 0 aliphatic heterocycles. The van der Waals surface area contributed by atoms with E-state index in [-0.39, 0.29) is 0 Å². The van der Waals surface area contributed by atoms with Crippen molar-refractivity contribution in [1.29, 1.82) is 0 Å². The van der Waals surface area contributed by atoms with Gasteiger partial charge in [0, 0.05) is 5.56 Å². The fraction of sp³-hybridized carbons (Fsp3) is 0.0909. The molecule has 0 radical (unpaired) electrons. The van der Waals surface area contributed by atoms with Crippen LogP contribution in [0.1, 0.15) is 5.56 Å². The summed E-state index contributed by atoms with van der Waals surface area (Å²) in [6, 6.07) is 9.77. The minimum absolute atomic E-state index is 0.630. The molecule has 0 unspecified atom stereocenters. The van der Waals surface area contributed by atoms with E-state index in [1.165, 1.54) is 5.56 Å². The van der Waals surface area contributed by atoms with Gasteiger partial charge < -0.3 is 0 Å². The van der Waals surface area contributed by atoms with Gasteiger partial charge in [0.1, 0.15) is 5.69 Å². The Morgan fingerprint density at radius 2 is 2.07 bits per heavy atom. The molecule has 3 heteroatoms. The number of benzene rings is 1. The normalized spacial score (nSPS) is 10.1. The van der Waals surface area contributed by atoms with Crippen LogP contribution in [0.25, 0.3) is 11.3 Å². The topological polar surface area (TPSA) is 25.8 Å². The molecular weight excluding hydrogens is 196 g/mol. The Labute approximate surface area is 87.6 Å². The molecule has 0 spiro atoms. The molecule has 0 N–H and O–H groups in total. The second-order valence-electron chi connectivity index (χ2n) is 3.10. The van der Waals surface area contributed by atoms with Crippen molar-refractivity contribution in [3.63, 3.8) is 0 Å². The first-order valence-corrected chi connectivity index (χ1v) is 4.69. The SMILES string of the molecule is Cc1cccc(-c2nnccc2Cl)c1. The molecule has 0 saturated heterocycles. The van der Waals surface area contributed by atoms with Crippen molar-refractivity contribution in [3.05, 3.63) is 47.1 Å². The van der Waals surface area contributed by atoms with Gasteiger partial charge in [-0.25, -0.2) is 0 Å². The highest BCUT2D eigenvalue weighted by molar-refractivity contribution is 6.32. The van der Waals surface area contributed by atoms with Crippen LogP contribution in [0.3, 0.4) is 0 Å². The Hall–Kier alpha value is -1.41. The molecule has 14 heavy (non-hydrogen) atoms. The van der Waals surface area contributed by atoms with E-state index in [1.54, 1.807) is 12.3 Å². The van der Waals surface area contributed by atoms with Crippen LogP contribution in [-0.2, 0) is 0 Å². The monoisotopic (exact) mass is 204 g/mol. The molecule has 1 aromatic carbocycles. The lowest BCUT2D eigenvalue weighted by Gasteiger charge is -2.02. The van der Waals surface area contributed by atoms with E-state index in [4.69, 9.17) is 11.6 Å². The number of nitrogens with zero attached hydrogens (tertiary/aromatic N) is 2. The summed E-state index contributed by atoms with van der Waals surface area (Å²) in [4.78, 5) is 0. The van der Waals surface area contributed by atoms with Crippen molar-refractivity contribution in [2.24, 2.45) is 0 Å². The third-order valence-corrected chi connectivity index (χ3v) is 2.27. The predicted molar refractivity (Wildman–Crippen MR) is 57.2 cm³/mol. The van der Waals surface area contributed by atoms with Gasteiger partial charge in [-0.15, -0.1) is 5.10 Å². The first-order valence-electron chi connectivity index (χ1n) is 4.31. The van der Waals surface area contributed by atoms with Gasteiger partial charge >= 0.3 is 0 Å². The molecule has 1 aromatic heterocycles. The van der Waals surface area contributed by atoms with Crippen LogP contribution in [0.2, 0.25) is 5.02 Å². The molecule has 2 nitrogen and oxygen atoms in total. The van der Waals surface area contributed by atoms with Gasteiger partial charge in [-0.05, 0) is 19.1 Å². The smallest absolute Gasteiger partial charge is 0.112 e. The van der Waals surface area contributed by atoms with Crippen molar-refractivity contribution >= 4 is 11.6 Å². The van der Waals surface area contributed by atoms with E-state index in [1.807, 2.05) is 31.2 Å². The lowest BCUT2D eigenvalue weighted by atomic mass is 10.1. The molecular formula is C11H9ClN2. The van der Waals surface area contributed by atoms with Gasteiger partial charge in [-0.2, -0.15) is 5.10 Å². The highest BCUT2D eigenvalue weighted by Crippen LogP contribution is 2.24. The molecule has 0 fully saturated rings. The van der Waals surface area contributed by atoms with Crippen LogP contribution in [0.15, 0.2) is 36.5 Å². The average molecular weight is 205 g/mol. The average Bonchev–Trinajstić information content (AvgIpc) is 2.18. The van der Waals surface area contributed by atoms with Crippen molar-refractivity contribution in [3.8, 4) is 11.3 Å². The second-order valence-corrected chi connectivity index (χ2v) is 3.50. The summed E-state index contributed by atoms with van der Waals surface area (Å²) in [6.45, 7) is 2.04. The maximum Gasteiger partial charge on any atom is 0.112 e. The summed E-state index contributed by atoms with van der Waals surface area (Å²) >= 11 is 6.01. The van der Waals surface area contributed by atoms with Gasteiger partial charge in [0.2, 0.25) is 0 Å². The van der Waals surface area contributed by atoms with E-state index < -0.39 is 0 Å². The zero-order valence-corrected chi connectivity index (χ0v) is 8.49. The number of hydrogen-bond donors (Lipinski definition) is 0. The van der Waals surface area contributed by atoms with E-state index in [0.717, 1.165) is 11.3 Å². The molecule has 0 aliphatic carbocycles. The number of aromatic nitrogens is 2. The summed E-state index contributed by atoms with van der Waals surface area (Å²) in [7, 11) is 0. The van der Waals surface area contributed by atoms with Crippen LogP contribution >= 0.6 is 11.6 Å². The molecule has 0 amide bonds. The van der Waals surface area contributed by atoms with E-state index >= 15 is 0 Å². The molecule has 0 saturated carbocycles. The Morgan fingerprint density at radius 3 is 2.79 bits per heavy atom. The Bertz CT molecular complexity index is 455. The minimum atomic E-state index is 0.630. The summed E-state index contributed by atoms with van der Waals surface area (Å²) in [6.07, 6.45) is 1.58. The van der Waals surface area contributed by atoms with Crippen molar-refractivity contribution in [1.82, 2.24) is 10.2 Å². The molecule has 2 aromatic rings. The molecule has 70 valence electrons. The first kappa shape index (κ1) is 9.16. The standard InChI is InChI=1S/C11H9ClN2/c1-8-3-2-4-9(7-8)11-10(12)5-6-13-14-11/h2-7H,1H3. The largest absolute Gasteiger partial charge is 0.158 e. The molecule has 0 aliphatic rings. The summed E-state index contributed by atoms with van der Waals surface area (Å²) in [5.74, 6) is 0. The summed E-state index contributed by atoms with van der Waals surface area (Å²) < 4.78 is 0. The van der Waals surface area contributed by atoms with Crippen molar-refractivity contribution in [2.45, 2.75) is 6.92 Å². The molecule has 0 atom stereocenters. The number of halogens is 1. The quantitative estimate of drug-likeness (QED) is 0.714. The zero-order chi connectivity index (χ0) is 9.97. The predicted octanol–water partition coefficient (Wildman–Crippen LogP) is 3.11. The van der Waals surface area contributed by atoms with Gasteiger partial charge in [-0.3, -0.25) is 0 Å². The van der Waals surface area contributed by atoms with Gasteiger partial charge in [0.15, 0.2) is 0 Å². The highest BCUT2D eigenvalue weighted by Gasteiger charge is 2.04. The Morgan fingerprint density at radius 1 is 1.21 bits per heavy atom. The second kappa shape index (κ2) is 3.76. The zero-order valence-electron chi connectivity index (χ0n) is 7.74. The van der Waals surface area contributed by atoms with E-state index in [0.29, 0.717) is 5.02 Å². The fourth-order valence-electron chi connectivity index (χ4n) is 1.30. The van der Waals surface area contributed by atoms with Crippen LogP contribution in [0.5, 0.6) is 0 Å². The number of hydrogen-bond acceptors (Lipinski definition) is 2. The maximum atomic E-state index is 6.01. The third kappa shape index (κ3) is 1.75. The molecule has 2 rings (SSSR count). The fourth-order valence-corrected chi connectivity index (χ4v) is 1.51. The number of rotatable bonds is 1. The lowest BCUT2D eigenvalue weighted by Crippen LogP contribution is -1.87. The molecule has 1 heterocycles. The van der Waals surface area contributed by atoms with Crippen LogP contribution in [-0.4, -0.2) is 10.2 Å². The maximum absolute atomic E-state index is 6.01. The van der Waals surface area contributed by atoms with Gasteiger partial charge in [-0.1, -0.05) is 35.4 Å². The van der Waals surface area contributed by atoms with Crippen molar-refractivity contribution in [2.75, 3.05) is 0 Å². The first-order chi connectivity index (χ1) is 6.77. The summed E-state index contributed by atoms with van der Waals surface area (Å²) in [5.41, 5.74) is 2.92. The highest BCUT2D eigenvalue weighted by atomic mass is 35.5.